The van der Waals surface area contributed by atoms with Gasteiger partial charge >= 0.3 is 0 Å². The number of primary amides is 1. The van der Waals surface area contributed by atoms with Gasteiger partial charge in [0.15, 0.2) is 5.82 Å². The number of rotatable bonds is 5. The van der Waals surface area contributed by atoms with Crippen molar-refractivity contribution in [2.45, 2.75) is 38.6 Å². The maximum atomic E-state index is 11.8. The molecular weight excluding hydrogens is 388 g/mol. The Bertz CT molecular complexity index is 1250. The van der Waals surface area contributed by atoms with Crippen molar-refractivity contribution in [3.8, 4) is 11.5 Å². The standard InChI is InChI=1S/C24H24N6O/c25-22(31)18-12-7-11-17-20(18)29-30-21(17)24-27-19-13-6-2-5-10-16(19)23(28-24)26-14-15-8-3-1-4-9-15/h1,3-4,7-9,11-12H,2,5-6,10,13-14H2,(H2,25,31)(H,29,30)(H,26,27,28). The number of aromatic nitrogens is 4. The summed E-state index contributed by atoms with van der Waals surface area (Å²) in [5, 5.41) is 11.7. The van der Waals surface area contributed by atoms with Crippen LogP contribution in [0, 0.1) is 0 Å². The summed E-state index contributed by atoms with van der Waals surface area (Å²) < 4.78 is 0. The molecule has 0 bridgehead atoms. The zero-order chi connectivity index (χ0) is 21.2. The average Bonchev–Trinajstić information content (AvgIpc) is 3.08. The lowest BCUT2D eigenvalue weighted by Crippen LogP contribution is -2.11. The zero-order valence-electron chi connectivity index (χ0n) is 17.2. The molecule has 0 atom stereocenters. The third-order valence-electron chi connectivity index (χ3n) is 5.81. The smallest absolute Gasteiger partial charge is 0.250 e. The first-order valence-corrected chi connectivity index (χ1v) is 10.7. The van der Waals surface area contributed by atoms with E-state index in [1.165, 1.54) is 17.5 Å². The number of para-hydroxylation sites is 1. The summed E-state index contributed by atoms with van der Waals surface area (Å²) in [7, 11) is 0. The SMILES string of the molecule is NC(=O)c1cccc2c(-c3nc4c(c(NCc5ccccc5)n3)CCCCC4)n[nH]c12. The fraction of sp³-hybridized carbons (Fsp3) is 0.250. The average molecular weight is 412 g/mol. The van der Waals surface area contributed by atoms with Crippen molar-refractivity contribution in [1.29, 1.82) is 0 Å². The van der Waals surface area contributed by atoms with Gasteiger partial charge in [-0.05, 0) is 37.3 Å². The molecule has 0 saturated carbocycles. The van der Waals surface area contributed by atoms with Gasteiger partial charge in [-0.2, -0.15) is 5.10 Å². The lowest BCUT2D eigenvalue weighted by atomic mass is 10.1. The van der Waals surface area contributed by atoms with E-state index in [1.54, 1.807) is 12.1 Å². The van der Waals surface area contributed by atoms with Crippen LogP contribution >= 0.6 is 0 Å². The molecule has 1 aliphatic carbocycles. The van der Waals surface area contributed by atoms with Crippen molar-refractivity contribution in [3.05, 3.63) is 70.9 Å². The number of aromatic amines is 1. The van der Waals surface area contributed by atoms with Gasteiger partial charge in [-0.3, -0.25) is 9.89 Å². The maximum Gasteiger partial charge on any atom is 0.250 e. The van der Waals surface area contributed by atoms with Crippen molar-refractivity contribution in [2.24, 2.45) is 5.73 Å². The van der Waals surface area contributed by atoms with Gasteiger partial charge in [0.25, 0.3) is 5.91 Å². The minimum atomic E-state index is -0.492. The van der Waals surface area contributed by atoms with E-state index < -0.39 is 5.91 Å². The molecule has 4 aromatic rings. The number of anilines is 1. The number of carbonyl (C=O) groups is 1. The normalized spacial score (nSPS) is 13.5. The van der Waals surface area contributed by atoms with E-state index in [0.717, 1.165) is 42.6 Å². The van der Waals surface area contributed by atoms with Crippen LogP contribution in [0.1, 0.15) is 46.4 Å². The number of nitrogens with zero attached hydrogens (tertiary/aromatic N) is 3. The van der Waals surface area contributed by atoms with Gasteiger partial charge in [0, 0.05) is 23.2 Å². The number of nitrogens with two attached hydrogens (primary N) is 1. The summed E-state index contributed by atoms with van der Waals surface area (Å²) in [6, 6.07) is 15.7. The van der Waals surface area contributed by atoms with Crippen LogP contribution in [0.2, 0.25) is 0 Å². The summed E-state index contributed by atoms with van der Waals surface area (Å²) in [6.07, 6.45) is 5.36. The molecule has 5 rings (SSSR count). The van der Waals surface area contributed by atoms with Crippen molar-refractivity contribution in [1.82, 2.24) is 20.2 Å². The van der Waals surface area contributed by atoms with Crippen LogP contribution in [0.3, 0.4) is 0 Å². The molecular formula is C24H24N6O. The Kier molecular flexibility index (Phi) is 5.08. The van der Waals surface area contributed by atoms with E-state index in [1.807, 2.05) is 24.3 Å². The number of carbonyl (C=O) groups excluding carboxylic acids is 1. The molecule has 2 aromatic heterocycles. The summed E-state index contributed by atoms with van der Waals surface area (Å²) in [6.45, 7) is 0.691. The van der Waals surface area contributed by atoms with E-state index in [2.05, 4.69) is 27.6 Å². The van der Waals surface area contributed by atoms with Crippen molar-refractivity contribution in [2.75, 3.05) is 5.32 Å². The summed E-state index contributed by atoms with van der Waals surface area (Å²) in [5.41, 5.74) is 10.7. The highest BCUT2D eigenvalue weighted by Crippen LogP contribution is 2.31. The van der Waals surface area contributed by atoms with Crippen LogP contribution in [0.25, 0.3) is 22.4 Å². The van der Waals surface area contributed by atoms with Crippen molar-refractivity contribution >= 4 is 22.6 Å². The minimum Gasteiger partial charge on any atom is -0.366 e. The predicted molar refractivity (Wildman–Crippen MR) is 121 cm³/mol. The number of benzene rings is 2. The van der Waals surface area contributed by atoms with Crippen molar-refractivity contribution < 1.29 is 4.79 Å². The summed E-state index contributed by atoms with van der Waals surface area (Å²) in [4.78, 5) is 21.6. The first-order chi connectivity index (χ1) is 15.2. The molecule has 156 valence electrons. The highest BCUT2D eigenvalue weighted by atomic mass is 16.1. The fourth-order valence-electron chi connectivity index (χ4n) is 4.22. The lowest BCUT2D eigenvalue weighted by Gasteiger charge is -2.14. The molecule has 0 unspecified atom stereocenters. The largest absolute Gasteiger partial charge is 0.366 e. The van der Waals surface area contributed by atoms with Gasteiger partial charge < -0.3 is 11.1 Å². The van der Waals surface area contributed by atoms with Gasteiger partial charge in [0.2, 0.25) is 0 Å². The Morgan fingerprint density at radius 1 is 1.00 bits per heavy atom. The number of hydrogen-bond donors (Lipinski definition) is 3. The van der Waals surface area contributed by atoms with Crippen LogP contribution in [0.5, 0.6) is 0 Å². The van der Waals surface area contributed by atoms with E-state index in [4.69, 9.17) is 15.7 Å². The van der Waals surface area contributed by atoms with Crippen LogP contribution in [0.15, 0.2) is 48.5 Å². The molecule has 2 heterocycles. The molecule has 1 aliphatic rings. The van der Waals surface area contributed by atoms with Crippen LogP contribution in [-0.4, -0.2) is 26.1 Å². The highest BCUT2D eigenvalue weighted by Gasteiger charge is 2.21. The fourth-order valence-corrected chi connectivity index (χ4v) is 4.22. The second-order valence-electron chi connectivity index (χ2n) is 7.89. The molecule has 2 aromatic carbocycles. The number of amides is 1. The Hall–Kier alpha value is -3.74. The molecule has 0 fully saturated rings. The first-order valence-electron chi connectivity index (χ1n) is 10.7. The van der Waals surface area contributed by atoms with Crippen LogP contribution < -0.4 is 11.1 Å². The molecule has 0 radical (unpaired) electrons. The van der Waals surface area contributed by atoms with E-state index in [-0.39, 0.29) is 0 Å². The lowest BCUT2D eigenvalue weighted by molar-refractivity contribution is 0.100. The summed E-state index contributed by atoms with van der Waals surface area (Å²) in [5.74, 6) is 0.936. The highest BCUT2D eigenvalue weighted by molar-refractivity contribution is 6.07. The number of aryl methyl sites for hydroxylation is 1. The van der Waals surface area contributed by atoms with Gasteiger partial charge in [0.1, 0.15) is 11.5 Å². The monoisotopic (exact) mass is 412 g/mol. The number of H-pyrrole nitrogens is 1. The molecule has 7 heteroatoms. The third-order valence-corrected chi connectivity index (χ3v) is 5.81. The maximum absolute atomic E-state index is 11.8. The quantitative estimate of drug-likeness (QED) is 0.429. The first kappa shape index (κ1) is 19.2. The van der Waals surface area contributed by atoms with E-state index in [9.17, 15) is 4.79 Å². The topological polar surface area (TPSA) is 110 Å². The van der Waals surface area contributed by atoms with Gasteiger partial charge in [-0.15, -0.1) is 0 Å². The molecule has 7 nitrogen and oxygen atoms in total. The number of hydrogen-bond acceptors (Lipinski definition) is 5. The molecule has 4 N–H and O–H groups in total. The zero-order valence-corrected chi connectivity index (χ0v) is 17.2. The van der Waals surface area contributed by atoms with Gasteiger partial charge in [-0.25, -0.2) is 9.97 Å². The summed E-state index contributed by atoms with van der Waals surface area (Å²) >= 11 is 0. The molecule has 0 saturated heterocycles. The molecule has 31 heavy (non-hydrogen) atoms. The molecule has 0 spiro atoms. The number of fused-ring (bicyclic) bond motifs is 2. The second kappa shape index (κ2) is 8.18. The minimum absolute atomic E-state index is 0.411. The number of nitrogens with one attached hydrogen (secondary N) is 2. The van der Waals surface area contributed by atoms with E-state index in [0.29, 0.717) is 29.1 Å². The Morgan fingerprint density at radius 3 is 2.68 bits per heavy atom. The van der Waals surface area contributed by atoms with Gasteiger partial charge in [-0.1, -0.05) is 48.9 Å². The second-order valence-corrected chi connectivity index (χ2v) is 7.89. The van der Waals surface area contributed by atoms with Gasteiger partial charge in [0.05, 0.1) is 11.1 Å². The molecule has 1 amide bonds. The Morgan fingerprint density at radius 2 is 1.84 bits per heavy atom. The molecule has 0 aliphatic heterocycles. The van der Waals surface area contributed by atoms with Crippen LogP contribution in [-0.2, 0) is 19.4 Å². The van der Waals surface area contributed by atoms with Crippen LogP contribution in [0.4, 0.5) is 5.82 Å². The van der Waals surface area contributed by atoms with E-state index >= 15 is 0 Å². The predicted octanol–water partition coefficient (Wildman–Crippen LogP) is 4.00. The Balaban J connectivity index is 1.59. The van der Waals surface area contributed by atoms with Crippen molar-refractivity contribution in [3.63, 3.8) is 0 Å². The Labute approximate surface area is 180 Å². The third kappa shape index (κ3) is 3.74.